The Morgan fingerprint density at radius 1 is 0.966 bits per heavy atom. The fourth-order valence-corrected chi connectivity index (χ4v) is 3.72. The van der Waals surface area contributed by atoms with Crippen molar-refractivity contribution in [2.45, 2.75) is 47.0 Å². The molecule has 0 radical (unpaired) electrons. The van der Waals surface area contributed by atoms with Crippen LogP contribution in [0.2, 0.25) is 0 Å². The largest absolute Gasteiger partial charge is 0.419 e. The number of nitrogens with zero attached hydrogens (tertiary/aromatic N) is 3. The third-order valence-electron chi connectivity index (χ3n) is 5.18. The lowest BCUT2D eigenvalue weighted by atomic mass is 9.84. The fraction of sp³-hybridized carbons (Fsp3) is 0.292. The molecular weight excluding hydrogens is 362 g/mol. The molecule has 1 aliphatic rings. The second-order valence-electron chi connectivity index (χ2n) is 8.64. The number of fused-ring (bicyclic) bond motifs is 2. The Bertz CT molecular complexity index is 1110. The topological polar surface area (TPSA) is 55.3 Å². The summed E-state index contributed by atoms with van der Waals surface area (Å²) < 4.78 is 5.69. The van der Waals surface area contributed by atoms with Crippen LogP contribution in [0.1, 0.15) is 53.4 Å². The number of anilines is 3. The number of pyridine rings is 2. The van der Waals surface area contributed by atoms with Gasteiger partial charge in [0.05, 0.1) is 5.69 Å². The molecular formula is C24H25N3O2. The van der Waals surface area contributed by atoms with Gasteiger partial charge in [0.2, 0.25) is 0 Å². The number of carbonyl (C=O) groups is 1. The minimum atomic E-state index is -0.425. The molecule has 4 rings (SSSR count). The van der Waals surface area contributed by atoms with Crippen LogP contribution in [0.3, 0.4) is 0 Å². The monoisotopic (exact) mass is 387 g/mol. The fourth-order valence-electron chi connectivity index (χ4n) is 3.72. The van der Waals surface area contributed by atoms with E-state index in [0.717, 1.165) is 22.4 Å². The number of esters is 1. The van der Waals surface area contributed by atoms with Gasteiger partial charge in [-0.1, -0.05) is 32.9 Å². The molecule has 29 heavy (non-hydrogen) atoms. The van der Waals surface area contributed by atoms with Gasteiger partial charge in [0, 0.05) is 12.4 Å². The Hall–Kier alpha value is -3.21. The average molecular weight is 387 g/mol. The van der Waals surface area contributed by atoms with E-state index in [9.17, 15) is 4.79 Å². The van der Waals surface area contributed by atoms with Crippen LogP contribution in [0, 0.1) is 20.8 Å². The van der Waals surface area contributed by atoms with Crippen LogP contribution in [0.15, 0.2) is 42.7 Å². The first-order chi connectivity index (χ1) is 13.7. The summed E-state index contributed by atoms with van der Waals surface area (Å²) in [6.07, 6.45) is 3.47. The number of aromatic nitrogens is 2. The van der Waals surface area contributed by atoms with Crippen LogP contribution >= 0.6 is 0 Å². The van der Waals surface area contributed by atoms with Crippen molar-refractivity contribution in [3.05, 3.63) is 70.5 Å². The van der Waals surface area contributed by atoms with Crippen molar-refractivity contribution < 1.29 is 9.53 Å². The first-order valence-corrected chi connectivity index (χ1v) is 9.72. The van der Waals surface area contributed by atoms with E-state index in [0.29, 0.717) is 22.9 Å². The molecule has 0 saturated carbocycles. The number of rotatable bonds is 1. The van der Waals surface area contributed by atoms with E-state index < -0.39 is 5.97 Å². The van der Waals surface area contributed by atoms with E-state index in [4.69, 9.17) is 4.74 Å². The molecule has 2 aromatic heterocycles. The van der Waals surface area contributed by atoms with Crippen LogP contribution in [0.25, 0.3) is 0 Å². The summed E-state index contributed by atoms with van der Waals surface area (Å²) in [5, 5.41) is 0. The molecule has 0 saturated heterocycles. The zero-order valence-corrected chi connectivity index (χ0v) is 17.7. The number of carbonyl (C=O) groups excluding carboxylic acids is 1. The Morgan fingerprint density at radius 2 is 1.66 bits per heavy atom. The van der Waals surface area contributed by atoms with E-state index in [2.05, 4.69) is 56.7 Å². The molecule has 5 nitrogen and oxygen atoms in total. The quantitative estimate of drug-likeness (QED) is 0.501. The van der Waals surface area contributed by atoms with Gasteiger partial charge in [0.1, 0.15) is 5.56 Å². The van der Waals surface area contributed by atoms with Gasteiger partial charge in [0.25, 0.3) is 0 Å². The number of hydrogen-bond acceptors (Lipinski definition) is 5. The molecule has 0 atom stereocenters. The third kappa shape index (κ3) is 3.27. The van der Waals surface area contributed by atoms with E-state index in [-0.39, 0.29) is 5.41 Å². The van der Waals surface area contributed by atoms with Crippen molar-refractivity contribution in [1.29, 1.82) is 0 Å². The zero-order valence-electron chi connectivity index (χ0n) is 17.7. The summed E-state index contributed by atoms with van der Waals surface area (Å²) in [6, 6.07) is 9.73. The Balaban J connectivity index is 2.04. The van der Waals surface area contributed by atoms with Gasteiger partial charge in [-0.15, -0.1) is 0 Å². The predicted octanol–water partition coefficient (Wildman–Crippen LogP) is 5.70. The number of ether oxygens (including phenoxy) is 1. The molecule has 3 aromatic rings. The predicted molar refractivity (Wildman–Crippen MR) is 115 cm³/mol. The molecule has 0 fully saturated rings. The summed E-state index contributed by atoms with van der Waals surface area (Å²) in [6.45, 7) is 12.7. The minimum absolute atomic E-state index is 0.0370. The zero-order chi connectivity index (χ0) is 20.9. The highest BCUT2D eigenvalue weighted by Gasteiger charge is 2.32. The lowest BCUT2D eigenvalue weighted by molar-refractivity contribution is 0.0738. The van der Waals surface area contributed by atoms with Crippen LogP contribution in [0.5, 0.6) is 5.75 Å². The van der Waals surface area contributed by atoms with Crippen LogP contribution in [-0.2, 0) is 5.41 Å². The van der Waals surface area contributed by atoms with Crippen molar-refractivity contribution in [2.24, 2.45) is 0 Å². The summed E-state index contributed by atoms with van der Waals surface area (Å²) in [5.41, 5.74) is 5.79. The van der Waals surface area contributed by atoms with E-state index >= 15 is 0 Å². The number of aryl methyl sites for hydroxylation is 3. The summed E-state index contributed by atoms with van der Waals surface area (Å²) >= 11 is 0. The van der Waals surface area contributed by atoms with E-state index in [1.54, 1.807) is 24.5 Å². The van der Waals surface area contributed by atoms with Crippen LogP contribution in [0.4, 0.5) is 17.3 Å². The van der Waals surface area contributed by atoms with Crippen molar-refractivity contribution in [3.8, 4) is 5.75 Å². The van der Waals surface area contributed by atoms with Crippen molar-refractivity contribution in [2.75, 3.05) is 4.90 Å². The molecule has 0 N–H and O–H groups in total. The Kier molecular flexibility index (Phi) is 4.41. The van der Waals surface area contributed by atoms with Crippen molar-refractivity contribution >= 4 is 23.3 Å². The molecule has 148 valence electrons. The highest BCUT2D eigenvalue weighted by atomic mass is 16.5. The SMILES string of the molecule is Cc1cnc2c(c1)OC(=O)c1cccnc1N2c1c(C)cc(C(C)(C)C)cc1C. The smallest absolute Gasteiger partial charge is 0.347 e. The molecule has 0 aliphatic carbocycles. The lowest BCUT2D eigenvalue weighted by Gasteiger charge is -2.29. The van der Waals surface area contributed by atoms with E-state index in [1.165, 1.54) is 5.56 Å². The van der Waals surface area contributed by atoms with Gasteiger partial charge in [-0.05, 0) is 66.6 Å². The van der Waals surface area contributed by atoms with Gasteiger partial charge in [0.15, 0.2) is 17.4 Å². The Morgan fingerprint density at radius 3 is 2.31 bits per heavy atom. The van der Waals surface area contributed by atoms with Gasteiger partial charge < -0.3 is 4.74 Å². The second-order valence-corrected chi connectivity index (χ2v) is 8.64. The molecule has 1 aliphatic heterocycles. The number of benzene rings is 1. The maximum absolute atomic E-state index is 12.8. The third-order valence-corrected chi connectivity index (χ3v) is 5.18. The van der Waals surface area contributed by atoms with Crippen LogP contribution in [-0.4, -0.2) is 15.9 Å². The molecule has 0 unspecified atom stereocenters. The lowest BCUT2D eigenvalue weighted by Crippen LogP contribution is -2.18. The van der Waals surface area contributed by atoms with Gasteiger partial charge in [-0.3, -0.25) is 4.90 Å². The maximum Gasteiger partial charge on any atom is 0.347 e. The molecule has 3 heterocycles. The Labute approximate surface area is 171 Å². The summed E-state index contributed by atoms with van der Waals surface area (Å²) in [7, 11) is 0. The summed E-state index contributed by atoms with van der Waals surface area (Å²) in [5.74, 6) is 1.11. The molecule has 0 amide bonds. The van der Waals surface area contributed by atoms with Crippen molar-refractivity contribution in [3.63, 3.8) is 0 Å². The van der Waals surface area contributed by atoms with Crippen molar-refractivity contribution in [1.82, 2.24) is 9.97 Å². The van der Waals surface area contributed by atoms with Gasteiger partial charge in [-0.2, -0.15) is 0 Å². The normalized spacial score (nSPS) is 13.4. The first-order valence-electron chi connectivity index (χ1n) is 9.72. The second kappa shape index (κ2) is 6.69. The minimum Gasteiger partial charge on any atom is -0.419 e. The highest BCUT2D eigenvalue weighted by Crippen LogP contribution is 2.45. The number of hydrogen-bond donors (Lipinski definition) is 0. The highest BCUT2D eigenvalue weighted by molar-refractivity contribution is 6.01. The first kappa shape index (κ1) is 19.1. The van der Waals surface area contributed by atoms with Crippen LogP contribution < -0.4 is 9.64 Å². The maximum atomic E-state index is 12.8. The van der Waals surface area contributed by atoms with Gasteiger partial charge in [-0.25, -0.2) is 14.8 Å². The summed E-state index contributed by atoms with van der Waals surface area (Å²) in [4.78, 5) is 23.9. The molecule has 1 aromatic carbocycles. The molecule has 0 spiro atoms. The van der Waals surface area contributed by atoms with E-state index in [1.807, 2.05) is 17.9 Å². The average Bonchev–Trinajstić information content (AvgIpc) is 2.75. The molecule has 5 heteroatoms. The standard InChI is InChI=1S/C24H25N3O2/c1-14-10-19-22(26-13-14)27(21-18(23(28)29-19)8-7-9-25-21)20-15(2)11-17(12-16(20)3)24(4,5)6/h7-13H,1-6H3. The van der Waals surface area contributed by atoms with Gasteiger partial charge >= 0.3 is 5.97 Å². The molecule has 0 bridgehead atoms.